The second kappa shape index (κ2) is 51.9. The van der Waals surface area contributed by atoms with Crippen LogP contribution in [0.5, 0.6) is 0 Å². The Morgan fingerprint density at radius 2 is 1.05 bits per heavy atom. The molecule has 0 saturated heterocycles. The first-order valence-corrected chi connectivity index (χ1v) is 28.0. The monoisotopic (exact) mass is 926 g/mol. The number of unbranched alkanes of at least 4 members (excludes halogenated alkanes) is 18. The third kappa shape index (κ3) is 42.8. The van der Waals surface area contributed by atoms with Gasteiger partial charge in [-0.1, -0.05) is 172 Å². The highest BCUT2D eigenvalue weighted by Gasteiger charge is 2.39. The van der Waals surface area contributed by atoms with Gasteiger partial charge in [0.1, 0.15) is 6.10 Å². The molecule has 0 heterocycles. The molecule has 1 aliphatic rings. The summed E-state index contributed by atoms with van der Waals surface area (Å²) in [6.07, 6.45) is 58.6. The molecule has 0 aromatic carbocycles. The third-order valence-corrected chi connectivity index (χ3v) is 12.7. The summed E-state index contributed by atoms with van der Waals surface area (Å²) in [6.45, 7) is 16.0. The number of rotatable bonds is 45. The largest absolute Gasteiger partial charge is 0.466 e. The molecule has 0 aliphatic heterocycles. The molecule has 1 saturated carbocycles. The highest BCUT2D eigenvalue weighted by molar-refractivity contribution is 5.70. The van der Waals surface area contributed by atoms with E-state index in [0.29, 0.717) is 32.7 Å². The zero-order valence-electron chi connectivity index (χ0n) is 44.0. The van der Waals surface area contributed by atoms with Gasteiger partial charge in [0, 0.05) is 45.0 Å². The van der Waals surface area contributed by atoms with E-state index in [9.17, 15) is 9.59 Å². The fraction of sp³-hybridized carbons (Fsp3) is 0.797. The lowest BCUT2D eigenvalue weighted by Crippen LogP contribution is -2.28. The number of carbonyl (C=O) groups is 2. The molecule has 1 N–H and O–H groups in total. The van der Waals surface area contributed by atoms with Crippen molar-refractivity contribution in [3.8, 4) is 0 Å². The van der Waals surface area contributed by atoms with Crippen molar-refractivity contribution >= 4 is 11.9 Å². The van der Waals surface area contributed by atoms with Gasteiger partial charge in [-0.3, -0.25) is 9.59 Å². The van der Waals surface area contributed by atoms with E-state index < -0.39 is 0 Å². The Bertz CT molecular complexity index is 1190. The molecule has 0 aromatic rings. The standard InChI is InChI=1S/C41H73NO5.C18H34O/c1-5-9-11-12-13-14-15-16-17-18-19-20-21-22-23-25-33-45-34-27-35-46-41(44)36-37-30-31-39(38(37)28-24-10-6-2)47-40(43)29-26-32-42(7-3)8-4;1-2-3-4-5-6-7-8-9-10-11-12-13-14-15-16-17-18-19/h10,13-14,16-17,24,37-39H,5-9,11-12,15,18-23,25-36H2,1-4H3;6-7,9-10,19H,2-5,8,11-18H2,1H3/b14-13-,17-16-,24-10-;7-6-,10-9-. The summed E-state index contributed by atoms with van der Waals surface area (Å²) in [7, 11) is 0. The van der Waals surface area contributed by atoms with Crippen LogP contribution >= 0.6 is 0 Å². The first-order chi connectivity index (χ1) is 32.5. The molecule has 7 heteroatoms. The van der Waals surface area contributed by atoms with E-state index in [1.165, 1.54) is 128 Å². The van der Waals surface area contributed by atoms with Gasteiger partial charge in [-0.15, -0.1) is 0 Å². The maximum absolute atomic E-state index is 12.7. The minimum atomic E-state index is -0.143. The number of hydrogen-bond donors (Lipinski definition) is 1. The Hall–Kier alpha value is -2.48. The Morgan fingerprint density at radius 1 is 0.530 bits per heavy atom. The summed E-state index contributed by atoms with van der Waals surface area (Å²) in [5, 5.41) is 8.66. The molecule has 0 amide bonds. The summed E-state index contributed by atoms with van der Waals surface area (Å²) in [6, 6.07) is 0. The van der Waals surface area contributed by atoms with Crippen molar-refractivity contribution in [3.05, 3.63) is 60.8 Å². The Balaban J connectivity index is 0.00000186. The first kappa shape index (κ1) is 63.5. The fourth-order valence-corrected chi connectivity index (χ4v) is 8.50. The predicted molar refractivity (Wildman–Crippen MR) is 284 cm³/mol. The third-order valence-electron chi connectivity index (χ3n) is 12.7. The Kier molecular flexibility index (Phi) is 50.0. The molecule has 1 rings (SSSR count). The molecule has 1 fully saturated rings. The number of aliphatic hydroxyl groups is 1. The van der Waals surface area contributed by atoms with Crippen molar-refractivity contribution in [2.45, 2.75) is 246 Å². The molecule has 3 unspecified atom stereocenters. The molecular formula is C59H107NO6. The number of ether oxygens (including phenoxy) is 3. The minimum absolute atomic E-state index is 0.106. The number of carbonyl (C=O) groups excluding carboxylic acids is 2. The van der Waals surface area contributed by atoms with Crippen LogP contribution in [-0.4, -0.2) is 74.1 Å². The van der Waals surface area contributed by atoms with Crippen LogP contribution in [0.3, 0.4) is 0 Å². The van der Waals surface area contributed by atoms with E-state index in [0.717, 1.165) is 90.4 Å². The van der Waals surface area contributed by atoms with E-state index in [4.69, 9.17) is 19.3 Å². The Morgan fingerprint density at radius 3 is 1.58 bits per heavy atom. The summed E-state index contributed by atoms with van der Waals surface area (Å²) in [4.78, 5) is 27.6. The van der Waals surface area contributed by atoms with E-state index >= 15 is 0 Å². The van der Waals surface area contributed by atoms with E-state index in [1.807, 2.05) is 0 Å². The molecule has 66 heavy (non-hydrogen) atoms. The molecule has 0 aromatic heterocycles. The smallest absolute Gasteiger partial charge is 0.306 e. The van der Waals surface area contributed by atoms with Crippen molar-refractivity contribution in [2.75, 3.05) is 46.1 Å². The molecular weight excluding hydrogens is 819 g/mol. The second-order valence-corrected chi connectivity index (χ2v) is 18.6. The number of hydrogen-bond acceptors (Lipinski definition) is 7. The van der Waals surface area contributed by atoms with Gasteiger partial charge in [-0.25, -0.2) is 0 Å². The molecule has 384 valence electrons. The van der Waals surface area contributed by atoms with Crippen LogP contribution in [0.25, 0.3) is 0 Å². The number of nitrogens with zero attached hydrogens (tertiary/aromatic N) is 1. The van der Waals surface area contributed by atoms with E-state index in [-0.39, 0.29) is 29.9 Å². The van der Waals surface area contributed by atoms with Gasteiger partial charge in [-0.2, -0.15) is 0 Å². The van der Waals surface area contributed by atoms with Gasteiger partial charge in [0.15, 0.2) is 0 Å². The highest BCUT2D eigenvalue weighted by Crippen LogP contribution is 2.39. The lowest BCUT2D eigenvalue weighted by molar-refractivity contribution is -0.151. The van der Waals surface area contributed by atoms with E-state index in [1.54, 1.807) is 0 Å². The quantitative estimate of drug-likeness (QED) is 0.0370. The number of esters is 2. The maximum atomic E-state index is 12.7. The number of allylic oxidation sites excluding steroid dienone is 10. The van der Waals surface area contributed by atoms with Crippen LogP contribution in [0.1, 0.15) is 240 Å². The molecule has 0 spiro atoms. The lowest BCUT2D eigenvalue weighted by atomic mass is 9.88. The maximum Gasteiger partial charge on any atom is 0.306 e. The number of aliphatic hydroxyl groups excluding tert-OH is 1. The van der Waals surface area contributed by atoms with Gasteiger partial charge >= 0.3 is 11.9 Å². The summed E-state index contributed by atoms with van der Waals surface area (Å²) < 4.78 is 17.3. The van der Waals surface area contributed by atoms with Gasteiger partial charge in [0.2, 0.25) is 0 Å². The van der Waals surface area contributed by atoms with Gasteiger partial charge < -0.3 is 24.2 Å². The average Bonchev–Trinajstić information content (AvgIpc) is 3.69. The molecule has 7 nitrogen and oxygen atoms in total. The zero-order valence-corrected chi connectivity index (χ0v) is 44.0. The van der Waals surface area contributed by atoms with Crippen molar-refractivity contribution in [2.24, 2.45) is 11.8 Å². The lowest BCUT2D eigenvalue weighted by Gasteiger charge is -2.24. The van der Waals surface area contributed by atoms with Crippen molar-refractivity contribution < 1.29 is 28.9 Å². The topological polar surface area (TPSA) is 85.3 Å². The van der Waals surface area contributed by atoms with E-state index in [2.05, 4.69) is 100 Å². The average molecular weight is 927 g/mol. The van der Waals surface area contributed by atoms with Crippen LogP contribution in [0.2, 0.25) is 0 Å². The summed E-state index contributed by atoms with van der Waals surface area (Å²) >= 11 is 0. The minimum Gasteiger partial charge on any atom is -0.466 e. The summed E-state index contributed by atoms with van der Waals surface area (Å²) in [5.41, 5.74) is 0. The second-order valence-electron chi connectivity index (χ2n) is 18.6. The highest BCUT2D eigenvalue weighted by atomic mass is 16.5. The summed E-state index contributed by atoms with van der Waals surface area (Å²) in [5.74, 6) is 0.119. The molecule has 0 radical (unpaired) electrons. The van der Waals surface area contributed by atoms with Crippen molar-refractivity contribution in [1.29, 1.82) is 0 Å². The van der Waals surface area contributed by atoms with Gasteiger partial charge in [0.25, 0.3) is 0 Å². The van der Waals surface area contributed by atoms with Crippen molar-refractivity contribution in [3.63, 3.8) is 0 Å². The predicted octanol–water partition coefficient (Wildman–Crippen LogP) is 16.3. The van der Waals surface area contributed by atoms with Crippen LogP contribution < -0.4 is 0 Å². The normalized spacial score (nSPS) is 16.5. The first-order valence-electron chi connectivity index (χ1n) is 28.0. The van der Waals surface area contributed by atoms with Gasteiger partial charge in [-0.05, 0) is 135 Å². The van der Waals surface area contributed by atoms with Crippen molar-refractivity contribution in [1.82, 2.24) is 4.90 Å². The van der Waals surface area contributed by atoms with Crippen LogP contribution in [-0.2, 0) is 23.8 Å². The zero-order chi connectivity index (χ0) is 48.2. The fourth-order valence-electron chi connectivity index (χ4n) is 8.50. The Labute approximate surface area is 409 Å². The SMILES string of the molecule is CC/C=C\CC1C(CC(=O)OCCCOCCCCCCCC/C=C\C/C=C\CCCCC)CCC1OC(=O)CCCN(CC)CC.CCCCC/C=C\C/C=C\CCCCCCCCO. The molecule has 1 aliphatic carbocycles. The van der Waals surface area contributed by atoms with Crippen LogP contribution in [0.4, 0.5) is 0 Å². The molecule has 3 atom stereocenters. The molecule has 0 bridgehead atoms. The van der Waals surface area contributed by atoms with Gasteiger partial charge in [0.05, 0.1) is 6.61 Å². The van der Waals surface area contributed by atoms with Crippen LogP contribution in [0, 0.1) is 11.8 Å². The van der Waals surface area contributed by atoms with Crippen LogP contribution in [0.15, 0.2) is 60.8 Å².